The maximum Gasteiger partial charge on any atom is 0.227 e. The van der Waals surface area contributed by atoms with Crippen LogP contribution < -0.4 is 39.2 Å². The van der Waals surface area contributed by atoms with Gasteiger partial charge in [-0.05, 0) is 249 Å². The van der Waals surface area contributed by atoms with Crippen molar-refractivity contribution in [1.29, 1.82) is 0 Å². The van der Waals surface area contributed by atoms with Crippen LogP contribution in [0.25, 0.3) is 110 Å². The third kappa shape index (κ3) is 13.4. The van der Waals surface area contributed by atoms with Gasteiger partial charge in [-0.25, -0.2) is 24.9 Å². The Hall–Kier alpha value is -14.0. The molecule has 7 atom stereocenters. The van der Waals surface area contributed by atoms with Gasteiger partial charge in [-0.3, -0.25) is 0 Å². The molecule has 0 bridgehead atoms. The van der Waals surface area contributed by atoms with E-state index in [1.165, 1.54) is 18.7 Å². The van der Waals surface area contributed by atoms with Crippen LogP contribution in [0.3, 0.4) is 0 Å². The fraction of sp³-hybridized carbons (Fsp3) is 0.267. The molecular formula is C105H107N15O5. The number of nitrogens with zero attached hydrogens (tertiary/aromatic N) is 15. The molecule has 0 N–H and O–H groups in total. The predicted octanol–water partition coefficient (Wildman–Crippen LogP) is 26.5. The molecule has 18 aromatic rings. The Balaban J connectivity index is 0.000000110. The number of fused-ring (bicyclic) bond motifs is 18. The van der Waals surface area contributed by atoms with E-state index in [1.54, 1.807) is 47.0 Å². The summed E-state index contributed by atoms with van der Waals surface area (Å²) in [4.78, 5) is 41.2. The van der Waals surface area contributed by atoms with Crippen LogP contribution in [0, 0.1) is 34.6 Å². The van der Waals surface area contributed by atoms with Gasteiger partial charge in [0.05, 0.1) is 68.0 Å². The highest BCUT2D eigenvalue weighted by molar-refractivity contribution is 6.14. The van der Waals surface area contributed by atoms with Crippen LogP contribution in [0.15, 0.2) is 272 Å². The minimum Gasteiger partial charge on any atom is -0.435 e. The van der Waals surface area contributed by atoms with Gasteiger partial charge in [-0.15, -0.1) is 0 Å². The summed E-state index contributed by atoms with van der Waals surface area (Å²) < 4.78 is 136. The average molecular weight is 1670 g/mol. The Labute approximate surface area is 747 Å². The second kappa shape index (κ2) is 32.0. The Morgan fingerprint density at radius 1 is 0.280 bits per heavy atom. The molecule has 0 aliphatic carbocycles. The molecule has 5 aliphatic heterocycles. The van der Waals surface area contributed by atoms with E-state index in [-0.39, 0.29) is 18.5 Å². The molecule has 20 heteroatoms. The minimum absolute atomic E-state index is 0.0182. The third-order valence-electron chi connectivity index (χ3n) is 24.8. The Morgan fingerprint density at radius 3 is 0.864 bits per heavy atom. The fourth-order valence-electron chi connectivity index (χ4n) is 19.0. The minimum atomic E-state index is -2.49. The normalized spacial score (nSPS) is 20.2. The van der Waals surface area contributed by atoms with E-state index in [9.17, 15) is 0 Å². The van der Waals surface area contributed by atoms with Crippen LogP contribution in [0.4, 0.5) is 62.6 Å². The molecule has 0 spiro atoms. The average Bonchev–Trinajstić information content (AvgIpc) is 1.57. The molecule has 0 fully saturated rings. The monoisotopic (exact) mass is 1670 g/mol. The van der Waals surface area contributed by atoms with Crippen molar-refractivity contribution in [3.05, 3.63) is 278 Å². The lowest BCUT2D eigenvalue weighted by molar-refractivity contribution is 0.263. The highest BCUT2D eigenvalue weighted by Gasteiger charge is 2.41. The summed E-state index contributed by atoms with van der Waals surface area (Å²) in [7, 11) is 0. The number of furan rings is 5. The zero-order valence-corrected chi connectivity index (χ0v) is 72.8. The fourth-order valence-corrected chi connectivity index (χ4v) is 19.0. The number of pyridine rings is 5. The lowest BCUT2D eigenvalue weighted by Crippen LogP contribution is -2.42. The summed E-state index contributed by atoms with van der Waals surface area (Å²) in [5, 5.41) is 9.90. The standard InChI is InChI=1S/2C23H23N3O.C21H19N3O.2C19H21N3O/c2*1-14(2)25-16(4)26(20-10-6-5-9-19(20)25)21-15(3)11-12-17-18-8-7-13-24-23(18)27-22(17)21;1-13-10-11-15-16-7-6-12-22-21(16)25-20(15)19(13)24-14(2)23(3)17-8-4-5-9-18(17)24;2*1-12(2)21-10-11-22(14(21)4)17-13(3)7-8-15-16-6-5-9-20-19(16)23-18(15)17/h2*5-14,16H,1-4H3;4-12,14H,1-3H3;2*5-12,14H,1-4H3/t2*16-;3*14-/m00000/s1/i1D3,14D;14D;3D3;1D3,12D;12D/t14?,16-;2m;12?,14-;m. The lowest BCUT2D eigenvalue weighted by atomic mass is 10.1. The zero-order chi connectivity index (χ0) is 98.0. The molecule has 632 valence electrons. The number of para-hydroxylation sites is 6. The van der Waals surface area contributed by atoms with E-state index in [0.717, 1.165) is 150 Å². The largest absolute Gasteiger partial charge is 0.435 e. The number of aromatic nitrogens is 5. The van der Waals surface area contributed by atoms with Crippen molar-refractivity contribution < 1.29 is 39.9 Å². The number of benzene rings is 8. The van der Waals surface area contributed by atoms with Crippen molar-refractivity contribution in [2.75, 3.05) is 46.2 Å². The summed E-state index contributed by atoms with van der Waals surface area (Å²) in [5.74, 6) is 0. The molecule has 2 unspecified atom stereocenters. The molecular weight excluding hydrogens is 1550 g/mol. The first-order valence-electron chi connectivity index (χ1n) is 48.8. The Kier molecular flexibility index (Phi) is 17.1. The second-order valence-electron chi connectivity index (χ2n) is 33.0. The second-order valence-corrected chi connectivity index (χ2v) is 33.0. The Morgan fingerprint density at radius 2 is 0.560 bits per heavy atom. The summed E-state index contributed by atoms with van der Waals surface area (Å²) in [6.45, 7) is 23.5. The number of aryl methyl sites for hydroxylation is 5. The number of hydrogen-bond donors (Lipinski definition) is 0. The summed E-state index contributed by atoms with van der Waals surface area (Å²) >= 11 is 0. The van der Waals surface area contributed by atoms with E-state index in [0.29, 0.717) is 51.1 Å². The lowest BCUT2D eigenvalue weighted by Gasteiger charge is -2.33. The van der Waals surface area contributed by atoms with Crippen molar-refractivity contribution in [3.8, 4) is 0 Å². The van der Waals surface area contributed by atoms with Crippen molar-refractivity contribution in [2.45, 2.75) is 179 Å². The smallest absolute Gasteiger partial charge is 0.227 e. The first kappa shape index (κ1) is 66.6. The molecule has 5 aliphatic rings. The van der Waals surface area contributed by atoms with Gasteiger partial charge in [0.2, 0.25) is 28.6 Å². The molecule has 20 nitrogen and oxygen atoms in total. The van der Waals surface area contributed by atoms with Gasteiger partial charge >= 0.3 is 0 Å². The van der Waals surface area contributed by atoms with Gasteiger partial charge < -0.3 is 71.1 Å². The summed E-state index contributed by atoms with van der Waals surface area (Å²) in [6.07, 6.45) is 15.0. The van der Waals surface area contributed by atoms with Crippen molar-refractivity contribution in [3.63, 3.8) is 0 Å². The molecule has 0 radical (unpaired) electrons. The highest BCUT2D eigenvalue weighted by atomic mass is 16.4. The molecule has 0 saturated carbocycles. The quantitative estimate of drug-likeness (QED) is 0.134. The molecule has 8 aromatic carbocycles. The number of hydrogen-bond acceptors (Lipinski definition) is 20. The molecule has 0 amide bonds. The predicted molar refractivity (Wildman–Crippen MR) is 515 cm³/mol. The summed E-state index contributed by atoms with van der Waals surface area (Å²) in [5.41, 5.74) is 22.1. The van der Waals surface area contributed by atoms with Crippen LogP contribution in [-0.2, 0) is 0 Å². The maximum absolute atomic E-state index is 8.80. The van der Waals surface area contributed by atoms with Crippen LogP contribution in [0.2, 0.25) is 0 Å². The Bertz CT molecular complexity index is 7670. The van der Waals surface area contributed by atoms with E-state index in [2.05, 4.69) is 120 Å². The van der Waals surface area contributed by atoms with Gasteiger partial charge in [0, 0.05) is 153 Å². The van der Waals surface area contributed by atoms with E-state index >= 15 is 0 Å². The van der Waals surface area contributed by atoms with Crippen molar-refractivity contribution in [2.24, 2.45) is 0 Å². The topological polar surface area (TPSA) is 163 Å². The van der Waals surface area contributed by atoms with Gasteiger partial charge in [0.25, 0.3) is 0 Å². The first-order chi connectivity index (χ1) is 65.4. The van der Waals surface area contributed by atoms with Crippen molar-refractivity contribution >= 4 is 173 Å². The van der Waals surface area contributed by atoms with Gasteiger partial charge in [0.15, 0.2) is 27.9 Å². The van der Waals surface area contributed by atoms with Crippen LogP contribution >= 0.6 is 0 Å². The van der Waals surface area contributed by atoms with E-state index < -0.39 is 57.1 Å². The number of anilines is 11. The molecule has 10 aromatic heterocycles. The number of rotatable bonds is 9. The van der Waals surface area contributed by atoms with Crippen LogP contribution in [-0.4, -0.2) is 96.6 Å². The molecule has 23 rings (SSSR count). The molecule has 15 heterocycles. The SMILES string of the molecule is [2H]C(C)(C)N1C=CN(c2c(C)ccc3c2oc2ncccc23)[C@H]1C.[2H]C(C)(C)N1c2ccccc2N(c2c(C)ccc3c2oc2ncccc23)[C@H]1C.[2H]C([2H])([2H])C([2H])(C)N1C=CN(c2c(C)ccc3c2oc2ncccc23)[C@H]1C.[2H]C([2H])([2H])C([2H])(C)N1c2ccccc2N(c2c(C)ccc3c2oc2ncccc23)[C@H]1C.[2H]C([2H])([2H])N1c2ccccc2N(c2c(C)ccc3c2oc2ncccc23)[C@H]1C. The van der Waals surface area contributed by atoms with E-state index in [1.807, 2.05) is 249 Å². The van der Waals surface area contributed by atoms with E-state index in [4.69, 9.17) is 39.9 Å². The summed E-state index contributed by atoms with van der Waals surface area (Å²) in [6, 6.07) is 58.8. The van der Waals surface area contributed by atoms with Gasteiger partial charge in [-0.2, -0.15) is 0 Å². The molecule has 0 saturated heterocycles. The third-order valence-corrected chi connectivity index (χ3v) is 24.8. The maximum atomic E-state index is 8.80. The first-order valence-corrected chi connectivity index (χ1v) is 42.3. The van der Waals surface area contributed by atoms with Crippen molar-refractivity contribution in [1.82, 2.24) is 34.7 Å². The zero-order valence-electron chi connectivity index (χ0n) is 85.8. The van der Waals surface area contributed by atoms with Gasteiger partial charge in [-0.1, -0.05) is 97.1 Å². The highest BCUT2D eigenvalue weighted by Crippen LogP contribution is 2.53. The van der Waals surface area contributed by atoms with Gasteiger partial charge in [0.1, 0.15) is 30.8 Å². The molecule has 125 heavy (non-hydrogen) atoms. The van der Waals surface area contributed by atoms with Crippen LogP contribution in [0.1, 0.15) is 136 Å². The van der Waals surface area contributed by atoms with Crippen LogP contribution in [0.5, 0.6) is 0 Å².